The fourth-order valence-electron chi connectivity index (χ4n) is 2.28. The van der Waals surface area contributed by atoms with E-state index in [4.69, 9.17) is 0 Å². The summed E-state index contributed by atoms with van der Waals surface area (Å²) in [6.45, 7) is 14.9. The minimum Gasteiger partial charge on any atom is -0.315 e. The van der Waals surface area contributed by atoms with Gasteiger partial charge in [0.1, 0.15) is 0 Å². The van der Waals surface area contributed by atoms with Gasteiger partial charge in [0, 0.05) is 32.2 Å². The van der Waals surface area contributed by atoms with Crippen LogP contribution in [0.2, 0.25) is 0 Å². The molecule has 0 aliphatic rings. The molecule has 110 valence electrons. The second-order valence-corrected chi connectivity index (χ2v) is 5.94. The van der Waals surface area contributed by atoms with Crippen molar-refractivity contribution in [3.8, 4) is 0 Å². The molecule has 0 radical (unpaired) electrons. The first-order valence-corrected chi connectivity index (χ1v) is 7.60. The highest BCUT2D eigenvalue weighted by molar-refractivity contribution is 4.75. The van der Waals surface area contributed by atoms with Crippen LogP contribution in [0.3, 0.4) is 0 Å². The van der Waals surface area contributed by atoms with Gasteiger partial charge in [-0.3, -0.25) is 4.90 Å². The molecule has 0 aromatic carbocycles. The van der Waals surface area contributed by atoms with E-state index in [2.05, 4.69) is 56.9 Å². The van der Waals surface area contributed by atoms with Crippen molar-refractivity contribution in [2.75, 3.05) is 46.8 Å². The van der Waals surface area contributed by atoms with Gasteiger partial charge in [0.15, 0.2) is 0 Å². The van der Waals surface area contributed by atoms with E-state index in [1.54, 1.807) is 0 Å². The van der Waals surface area contributed by atoms with Crippen molar-refractivity contribution in [3.05, 3.63) is 0 Å². The summed E-state index contributed by atoms with van der Waals surface area (Å²) in [6, 6.07) is 0.692. The van der Waals surface area contributed by atoms with Crippen LogP contribution < -0.4 is 5.32 Å². The SMILES string of the molecule is CCCC(CNCC)N(CCN(C)C)CC(C)C. The maximum Gasteiger partial charge on any atom is 0.0221 e. The quantitative estimate of drug-likeness (QED) is 0.613. The molecule has 3 heteroatoms. The number of hydrogen-bond acceptors (Lipinski definition) is 3. The molecule has 0 fully saturated rings. The van der Waals surface area contributed by atoms with Gasteiger partial charge in [-0.05, 0) is 33.0 Å². The molecule has 0 saturated heterocycles. The van der Waals surface area contributed by atoms with Crippen LogP contribution in [0.1, 0.15) is 40.5 Å². The zero-order chi connectivity index (χ0) is 14.0. The summed E-state index contributed by atoms with van der Waals surface area (Å²) >= 11 is 0. The molecule has 0 aromatic heterocycles. The summed E-state index contributed by atoms with van der Waals surface area (Å²) in [5.41, 5.74) is 0. The predicted octanol–water partition coefficient (Wildman–Crippen LogP) is 2.28. The van der Waals surface area contributed by atoms with E-state index in [0.717, 1.165) is 25.6 Å². The number of hydrogen-bond donors (Lipinski definition) is 1. The molecule has 0 bridgehead atoms. The van der Waals surface area contributed by atoms with Crippen LogP contribution >= 0.6 is 0 Å². The lowest BCUT2D eigenvalue weighted by Gasteiger charge is -2.34. The maximum atomic E-state index is 3.52. The highest BCUT2D eigenvalue weighted by atomic mass is 15.2. The Kier molecular flexibility index (Phi) is 10.7. The Morgan fingerprint density at radius 2 is 1.72 bits per heavy atom. The summed E-state index contributed by atoms with van der Waals surface area (Å²) in [4.78, 5) is 4.96. The number of likely N-dealkylation sites (N-methyl/N-ethyl adjacent to an activating group) is 2. The third kappa shape index (κ3) is 8.90. The lowest BCUT2D eigenvalue weighted by Crippen LogP contribution is -2.46. The van der Waals surface area contributed by atoms with Gasteiger partial charge in [-0.25, -0.2) is 0 Å². The fourth-order valence-corrected chi connectivity index (χ4v) is 2.28. The Morgan fingerprint density at radius 1 is 1.06 bits per heavy atom. The average molecular weight is 257 g/mol. The molecular weight excluding hydrogens is 222 g/mol. The summed E-state index contributed by atoms with van der Waals surface area (Å²) in [5, 5.41) is 3.52. The minimum atomic E-state index is 0.692. The number of nitrogens with one attached hydrogen (secondary N) is 1. The van der Waals surface area contributed by atoms with Crippen LogP contribution in [-0.4, -0.2) is 62.7 Å². The highest BCUT2D eigenvalue weighted by Gasteiger charge is 2.18. The predicted molar refractivity (Wildman–Crippen MR) is 82.2 cm³/mol. The molecule has 0 amide bonds. The van der Waals surface area contributed by atoms with Crippen molar-refractivity contribution in [1.82, 2.24) is 15.1 Å². The van der Waals surface area contributed by atoms with Gasteiger partial charge in [-0.2, -0.15) is 0 Å². The van der Waals surface area contributed by atoms with Gasteiger partial charge in [0.05, 0.1) is 0 Å². The summed E-state index contributed by atoms with van der Waals surface area (Å²) in [6.07, 6.45) is 2.57. The number of rotatable bonds is 11. The molecule has 0 aromatic rings. The molecule has 1 unspecified atom stereocenters. The van der Waals surface area contributed by atoms with E-state index >= 15 is 0 Å². The second-order valence-electron chi connectivity index (χ2n) is 5.94. The molecule has 18 heavy (non-hydrogen) atoms. The second kappa shape index (κ2) is 10.8. The van der Waals surface area contributed by atoms with Crippen molar-refractivity contribution in [2.45, 2.75) is 46.6 Å². The molecule has 0 aliphatic heterocycles. The summed E-state index contributed by atoms with van der Waals surface area (Å²) in [7, 11) is 4.32. The summed E-state index contributed by atoms with van der Waals surface area (Å²) in [5.74, 6) is 0.744. The lowest BCUT2D eigenvalue weighted by atomic mass is 10.1. The van der Waals surface area contributed by atoms with E-state index < -0.39 is 0 Å². The van der Waals surface area contributed by atoms with Gasteiger partial charge >= 0.3 is 0 Å². The Balaban J connectivity index is 4.41. The van der Waals surface area contributed by atoms with Gasteiger partial charge in [-0.1, -0.05) is 34.1 Å². The number of nitrogens with zero attached hydrogens (tertiary/aromatic N) is 2. The van der Waals surface area contributed by atoms with E-state index in [9.17, 15) is 0 Å². The van der Waals surface area contributed by atoms with Gasteiger partial charge < -0.3 is 10.2 Å². The Morgan fingerprint density at radius 3 is 2.17 bits per heavy atom. The summed E-state index contributed by atoms with van der Waals surface area (Å²) < 4.78 is 0. The van der Waals surface area contributed by atoms with Crippen molar-refractivity contribution in [3.63, 3.8) is 0 Å². The monoisotopic (exact) mass is 257 g/mol. The smallest absolute Gasteiger partial charge is 0.0221 e. The van der Waals surface area contributed by atoms with Crippen LogP contribution in [0, 0.1) is 5.92 Å². The van der Waals surface area contributed by atoms with E-state index in [0.29, 0.717) is 6.04 Å². The third-order valence-corrected chi connectivity index (χ3v) is 3.20. The molecule has 1 atom stereocenters. The van der Waals surface area contributed by atoms with Crippen LogP contribution in [0.5, 0.6) is 0 Å². The maximum absolute atomic E-state index is 3.52. The van der Waals surface area contributed by atoms with E-state index in [-0.39, 0.29) is 0 Å². The normalized spacial score (nSPS) is 13.8. The molecular formula is C15H35N3. The highest BCUT2D eigenvalue weighted by Crippen LogP contribution is 2.10. The van der Waals surface area contributed by atoms with Crippen molar-refractivity contribution < 1.29 is 0 Å². The molecule has 0 heterocycles. The molecule has 3 nitrogen and oxygen atoms in total. The first-order valence-electron chi connectivity index (χ1n) is 7.60. The lowest BCUT2D eigenvalue weighted by molar-refractivity contribution is 0.149. The van der Waals surface area contributed by atoms with Crippen molar-refractivity contribution >= 4 is 0 Å². The minimum absolute atomic E-state index is 0.692. The molecule has 0 rings (SSSR count). The largest absolute Gasteiger partial charge is 0.315 e. The molecule has 0 spiro atoms. The zero-order valence-electron chi connectivity index (χ0n) is 13.5. The van der Waals surface area contributed by atoms with Crippen LogP contribution in [0.25, 0.3) is 0 Å². The van der Waals surface area contributed by atoms with Crippen LogP contribution in [-0.2, 0) is 0 Å². The Bertz CT molecular complexity index is 181. The first kappa shape index (κ1) is 17.9. The van der Waals surface area contributed by atoms with E-state index in [1.807, 2.05) is 0 Å². The molecule has 0 saturated carbocycles. The van der Waals surface area contributed by atoms with Crippen molar-refractivity contribution in [2.24, 2.45) is 5.92 Å². The Labute approximate surface area is 115 Å². The zero-order valence-corrected chi connectivity index (χ0v) is 13.5. The van der Waals surface area contributed by atoms with Crippen molar-refractivity contribution in [1.29, 1.82) is 0 Å². The standard InChI is InChI=1S/C15H35N3/c1-7-9-15(12-16-8-2)18(13-14(3)4)11-10-17(5)6/h14-16H,7-13H2,1-6H3. The molecule has 1 N–H and O–H groups in total. The average Bonchev–Trinajstić information content (AvgIpc) is 2.29. The van der Waals surface area contributed by atoms with Gasteiger partial charge in [0.25, 0.3) is 0 Å². The van der Waals surface area contributed by atoms with Gasteiger partial charge in [-0.15, -0.1) is 0 Å². The fraction of sp³-hybridized carbons (Fsp3) is 1.00. The van der Waals surface area contributed by atoms with Crippen LogP contribution in [0.15, 0.2) is 0 Å². The van der Waals surface area contributed by atoms with Gasteiger partial charge in [0.2, 0.25) is 0 Å². The Hall–Kier alpha value is -0.120. The van der Waals surface area contributed by atoms with E-state index in [1.165, 1.54) is 25.9 Å². The topological polar surface area (TPSA) is 18.5 Å². The van der Waals surface area contributed by atoms with Crippen LogP contribution in [0.4, 0.5) is 0 Å². The first-order chi connectivity index (χ1) is 8.51. The molecule has 0 aliphatic carbocycles. The third-order valence-electron chi connectivity index (χ3n) is 3.20.